The maximum atomic E-state index is 14.0. The summed E-state index contributed by atoms with van der Waals surface area (Å²) in [6.07, 6.45) is -7.71. The van der Waals surface area contributed by atoms with Gasteiger partial charge >= 0.3 is 12.2 Å². The van der Waals surface area contributed by atoms with Crippen molar-refractivity contribution in [1.82, 2.24) is 5.32 Å². The van der Waals surface area contributed by atoms with Crippen LogP contribution >= 0.6 is 0 Å². The summed E-state index contributed by atoms with van der Waals surface area (Å²) < 4.78 is 38.1. The number of carbonyl (C=O) groups excluding carboxylic acids is 5. The van der Waals surface area contributed by atoms with Crippen LogP contribution in [0.1, 0.15) is 74.4 Å². The van der Waals surface area contributed by atoms with E-state index in [-0.39, 0.29) is 86.4 Å². The molecule has 4 unspecified atom stereocenters. The molecule has 6 rings (SSSR count). The van der Waals surface area contributed by atoms with Gasteiger partial charge in [-0.05, 0) is 19.1 Å². The minimum absolute atomic E-state index is 0.0524. The Hall–Kier alpha value is -5.71. The molecule has 3 aliphatic rings. The average Bonchev–Trinajstić information content (AvgIpc) is 3.25. The predicted molar refractivity (Wildman–Crippen MR) is 213 cm³/mol. The number of ether oxygens (including phenoxy) is 7. The van der Waals surface area contributed by atoms with Crippen LogP contribution in [0.5, 0.6) is 17.2 Å². The molecule has 3 aromatic rings. The highest BCUT2D eigenvalue weighted by molar-refractivity contribution is 6.31. The van der Waals surface area contributed by atoms with Gasteiger partial charge in [0.1, 0.15) is 36.1 Å². The highest BCUT2D eigenvalue weighted by Crippen LogP contribution is 2.52. The van der Waals surface area contributed by atoms with Crippen LogP contribution in [0, 0.1) is 0 Å². The third kappa shape index (κ3) is 9.82. The molecule has 0 spiro atoms. The Morgan fingerprint density at radius 2 is 1.61 bits per heavy atom. The van der Waals surface area contributed by atoms with Gasteiger partial charge in [-0.15, -0.1) is 0 Å². The van der Waals surface area contributed by atoms with E-state index in [2.05, 4.69) is 10.6 Å². The van der Waals surface area contributed by atoms with Gasteiger partial charge in [0.05, 0.1) is 87.4 Å². The summed E-state index contributed by atoms with van der Waals surface area (Å²) in [4.78, 5) is 67.0. The number of hydrogen-bond donors (Lipinski definition) is 8. The van der Waals surface area contributed by atoms with E-state index in [1.807, 2.05) is 0 Å². The maximum Gasteiger partial charge on any atom is 0.411 e. The Labute approximate surface area is 354 Å². The first-order valence-corrected chi connectivity index (χ1v) is 19.7. The molecule has 0 bridgehead atoms. The first-order chi connectivity index (χ1) is 29.7. The smallest absolute Gasteiger partial charge is 0.411 e. The number of nitrogens with one attached hydrogen (secondary N) is 2. The first-order valence-electron chi connectivity index (χ1n) is 19.7. The summed E-state index contributed by atoms with van der Waals surface area (Å²) in [6, 6.07) is 9.86. The van der Waals surface area contributed by atoms with E-state index in [1.165, 1.54) is 25.3 Å². The third-order valence-electron chi connectivity index (χ3n) is 10.7. The number of phenolic OH excluding ortho intramolecular Hbond substituents is 2. The molecule has 1 fully saturated rings. The molecule has 20 nitrogen and oxygen atoms in total. The lowest BCUT2D eigenvalue weighted by molar-refractivity contribution is -0.247. The number of aromatic hydroxyl groups is 2. The maximum absolute atomic E-state index is 14.0. The summed E-state index contributed by atoms with van der Waals surface area (Å²) in [5.74, 6) is -4.08. The number of para-hydroxylation sites is 1. The van der Waals surface area contributed by atoms with Gasteiger partial charge in [0.25, 0.3) is 0 Å². The minimum atomic E-state index is -2.41. The Balaban J connectivity index is 1.16. The highest BCUT2D eigenvalue weighted by Gasteiger charge is 2.50. The number of methoxy groups -OCH3 is 1. The second kappa shape index (κ2) is 20.0. The number of carbonyl (C=O) groups is 5. The number of phenols is 2. The fourth-order valence-electron chi connectivity index (χ4n) is 7.61. The number of hydrogen-bond acceptors (Lipinski definition) is 18. The van der Waals surface area contributed by atoms with E-state index >= 15 is 0 Å². The Morgan fingerprint density at radius 1 is 0.903 bits per heavy atom. The van der Waals surface area contributed by atoms with Crippen LogP contribution in [0.25, 0.3) is 0 Å². The highest BCUT2D eigenvalue weighted by atomic mass is 16.7. The van der Waals surface area contributed by atoms with Crippen LogP contribution in [0.15, 0.2) is 42.5 Å². The fraction of sp³-hybridized carbons (Fsp3) is 0.452. The van der Waals surface area contributed by atoms with Gasteiger partial charge in [-0.2, -0.15) is 0 Å². The molecular weight excluding hydrogens is 818 g/mol. The van der Waals surface area contributed by atoms with Gasteiger partial charge in [-0.25, -0.2) is 9.59 Å². The minimum Gasteiger partial charge on any atom is -0.507 e. The number of alkyl carbamates (subject to hydrolysis) is 1. The van der Waals surface area contributed by atoms with E-state index in [0.717, 1.165) is 0 Å². The quantitative estimate of drug-likeness (QED) is 0.0551. The molecule has 0 saturated carbocycles. The lowest BCUT2D eigenvalue weighted by Crippen LogP contribution is -2.53. The van der Waals surface area contributed by atoms with Gasteiger partial charge < -0.3 is 69.7 Å². The Bertz CT molecular complexity index is 2170. The van der Waals surface area contributed by atoms with Crippen molar-refractivity contribution in [2.24, 2.45) is 5.73 Å². The standard InChI is InChI=1S/C42H49N3O17/c1-21-35(48)25(43)16-30(61-21)62-28-18-42(55,17-24-32(28)39(52)34-33(37(24)50)36(49)23-7-5-9-27(56-2)31(23)38(34)51)29(47)19-44-40(53)60-20-22-6-3-4-8-26(22)45-41(54)59-15-14-58-13-12-57-11-10-46/h3-9,21,25,28,30,35,46,48,50,52,55H,10-20,43H2,1-2H3,(H,44,53)(H,45,54)/t21?,25?,28-,30?,35?,42-/m0/s1. The number of ketones is 3. The SMILES string of the molecule is COc1cccc2c1C(=O)c1c(O)c3c(c(O)c1C2=O)C[C@@](O)(C(=O)CNC(=O)OCc1ccccc1NC(=O)OCCOCCOCCO)C[C@@H]3OC1CC(N)C(O)C(C)O1. The number of nitrogens with two attached hydrogens (primary N) is 1. The van der Waals surface area contributed by atoms with Crippen LogP contribution < -0.4 is 21.1 Å². The molecule has 334 valence electrons. The molecule has 1 aliphatic heterocycles. The molecular formula is C42H49N3O17. The van der Waals surface area contributed by atoms with E-state index in [1.54, 1.807) is 31.2 Å². The molecule has 9 N–H and O–H groups in total. The summed E-state index contributed by atoms with van der Waals surface area (Å²) >= 11 is 0. The van der Waals surface area contributed by atoms with Crippen LogP contribution in [0.3, 0.4) is 0 Å². The third-order valence-corrected chi connectivity index (χ3v) is 10.7. The van der Waals surface area contributed by atoms with Crippen molar-refractivity contribution in [3.05, 3.63) is 81.4 Å². The lowest BCUT2D eigenvalue weighted by Gasteiger charge is -2.42. The van der Waals surface area contributed by atoms with E-state index in [9.17, 15) is 44.4 Å². The van der Waals surface area contributed by atoms with Crippen molar-refractivity contribution in [1.29, 1.82) is 0 Å². The second-order valence-electron chi connectivity index (χ2n) is 14.8. The zero-order valence-corrected chi connectivity index (χ0v) is 33.9. The van der Waals surface area contributed by atoms with E-state index in [0.29, 0.717) is 5.56 Å². The number of amides is 2. The summed E-state index contributed by atoms with van der Waals surface area (Å²) in [5, 5.41) is 59.5. The zero-order valence-electron chi connectivity index (χ0n) is 33.9. The van der Waals surface area contributed by atoms with Crippen molar-refractivity contribution in [3.8, 4) is 17.2 Å². The van der Waals surface area contributed by atoms with Gasteiger partial charge in [-0.3, -0.25) is 19.7 Å². The molecule has 6 atom stereocenters. The Morgan fingerprint density at radius 3 is 2.34 bits per heavy atom. The number of Topliss-reactive ketones (excluding diaryl/α,β-unsaturated/α-hetero) is 1. The predicted octanol–water partition coefficient (Wildman–Crippen LogP) is 1.51. The van der Waals surface area contributed by atoms with Crippen molar-refractivity contribution in [2.45, 2.75) is 69.0 Å². The van der Waals surface area contributed by atoms with Crippen molar-refractivity contribution in [3.63, 3.8) is 0 Å². The zero-order chi connectivity index (χ0) is 44.7. The molecule has 0 aromatic heterocycles. The summed E-state index contributed by atoms with van der Waals surface area (Å²) in [7, 11) is 1.30. The van der Waals surface area contributed by atoms with Gasteiger partial charge in [0.2, 0.25) is 5.78 Å². The molecule has 62 heavy (non-hydrogen) atoms. The van der Waals surface area contributed by atoms with Gasteiger partial charge in [0, 0.05) is 47.6 Å². The molecule has 1 saturated heterocycles. The number of anilines is 1. The molecule has 3 aromatic carbocycles. The van der Waals surface area contributed by atoms with Crippen molar-refractivity contribution >= 4 is 35.2 Å². The normalized spacial score (nSPS) is 22.8. The number of aliphatic hydroxyl groups excluding tert-OH is 2. The average molecular weight is 868 g/mol. The topological polar surface area (TPSA) is 301 Å². The number of rotatable bonds is 17. The monoisotopic (exact) mass is 867 g/mol. The number of fused-ring (bicyclic) bond motifs is 3. The van der Waals surface area contributed by atoms with Gasteiger partial charge in [-0.1, -0.05) is 30.3 Å². The number of aliphatic hydroxyl groups is 3. The largest absolute Gasteiger partial charge is 0.507 e. The van der Waals surface area contributed by atoms with Crippen LogP contribution in [0.2, 0.25) is 0 Å². The molecule has 20 heteroatoms. The van der Waals surface area contributed by atoms with Crippen LogP contribution in [0.4, 0.5) is 15.3 Å². The van der Waals surface area contributed by atoms with Crippen LogP contribution in [-0.2, 0) is 46.2 Å². The summed E-state index contributed by atoms with van der Waals surface area (Å²) in [6.45, 7) is 1.01. The second-order valence-corrected chi connectivity index (χ2v) is 14.8. The Kier molecular flexibility index (Phi) is 14.8. The molecule has 2 amide bonds. The first kappa shape index (κ1) is 45.8. The lowest BCUT2D eigenvalue weighted by atomic mass is 9.71. The van der Waals surface area contributed by atoms with E-state index < -0.39 is 108 Å². The number of benzene rings is 3. The van der Waals surface area contributed by atoms with Gasteiger partial charge in [0.15, 0.2) is 17.9 Å². The molecule has 2 aliphatic carbocycles. The summed E-state index contributed by atoms with van der Waals surface area (Å²) in [5.41, 5.74) is 2.56. The van der Waals surface area contributed by atoms with E-state index in [4.69, 9.17) is 44.0 Å². The fourth-order valence-corrected chi connectivity index (χ4v) is 7.61. The van der Waals surface area contributed by atoms with Crippen molar-refractivity contribution in [2.75, 3.05) is 58.6 Å². The molecule has 1 heterocycles. The van der Waals surface area contributed by atoms with Crippen molar-refractivity contribution < 1.29 is 82.7 Å². The van der Waals surface area contributed by atoms with Crippen LogP contribution in [-0.4, -0.2) is 139 Å². The molecule has 0 radical (unpaired) electrons.